The summed E-state index contributed by atoms with van der Waals surface area (Å²) in [4.78, 5) is 8.76. The Hall–Kier alpha value is -0.870. The maximum Gasteiger partial charge on any atom is 0.135 e. The van der Waals surface area contributed by atoms with Crippen molar-refractivity contribution in [1.82, 2.24) is 9.97 Å². The highest BCUT2D eigenvalue weighted by atomic mass is 35.5. The van der Waals surface area contributed by atoms with Crippen LogP contribution >= 0.6 is 11.6 Å². The van der Waals surface area contributed by atoms with Crippen molar-refractivity contribution >= 4 is 17.4 Å². The Balaban J connectivity index is 1.67. The van der Waals surface area contributed by atoms with E-state index in [9.17, 15) is 0 Å². The summed E-state index contributed by atoms with van der Waals surface area (Å²) in [6.07, 6.45) is 5.67. The average molecular weight is 284 g/mol. The van der Waals surface area contributed by atoms with Gasteiger partial charge in [-0.15, -0.1) is 0 Å². The minimum Gasteiger partial charge on any atom is -0.381 e. The quantitative estimate of drug-likeness (QED) is 0.555. The monoisotopic (exact) mass is 283 g/mol. The van der Waals surface area contributed by atoms with E-state index in [4.69, 9.17) is 16.3 Å². The first-order chi connectivity index (χ1) is 9.29. The van der Waals surface area contributed by atoms with Gasteiger partial charge in [-0.25, -0.2) is 9.97 Å². The van der Waals surface area contributed by atoms with E-state index in [0.29, 0.717) is 11.1 Å². The maximum atomic E-state index is 6.00. The van der Waals surface area contributed by atoms with Crippen LogP contribution in [0.2, 0.25) is 5.15 Å². The number of halogens is 1. The van der Waals surface area contributed by atoms with E-state index in [2.05, 4.69) is 22.2 Å². The summed E-state index contributed by atoms with van der Waals surface area (Å²) < 4.78 is 5.51. The summed E-state index contributed by atoms with van der Waals surface area (Å²) in [6, 6.07) is 1.78. The van der Waals surface area contributed by atoms with Crippen LogP contribution in [0.15, 0.2) is 6.07 Å². The third-order valence-corrected chi connectivity index (χ3v) is 3.26. The van der Waals surface area contributed by atoms with Crippen LogP contribution in [0.5, 0.6) is 0 Å². The van der Waals surface area contributed by atoms with Gasteiger partial charge in [0.15, 0.2) is 0 Å². The molecule has 0 aliphatic heterocycles. The number of nitrogens with zero attached hydrogens (tertiary/aromatic N) is 2. The Bertz CT molecular complexity index is 396. The van der Waals surface area contributed by atoms with Gasteiger partial charge in [-0.3, -0.25) is 0 Å². The minimum atomic E-state index is 0.525. The SMILES string of the molecule is CCCCOCCCNc1cc(Cl)nc(C2CC2)n1. The molecule has 0 saturated heterocycles. The average Bonchev–Trinajstić information content (AvgIpc) is 3.21. The molecular weight excluding hydrogens is 262 g/mol. The molecule has 0 spiro atoms. The third kappa shape index (κ3) is 5.33. The molecule has 0 radical (unpaired) electrons. The smallest absolute Gasteiger partial charge is 0.135 e. The van der Waals surface area contributed by atoms with Gasteiger partial charge in [0.1, 0.15) is 16.8 Å². The van der Waals surface area contributed by atoms with E-state index in [0.717, 1.165) is 44.2 Å². The molecule has 1 aromatic heterocycles. The molecule has 1 heterocycles. The first kappa shape index (κ1) is 14.5. The van der Waals surface area contributed by atoms with Gasteiger partial charge in [-0.1, -0.05) is 24.9 Å². The minimum absolute atomic E-state index is 0.525. The summed E-state index contributed by atoms with van der Waals surface area (Å²) in [5.74, 6) is 2.24. The van der Waals surface area contributed by atoms with Crippen molar-refractivity contribution in [2.24, 2.45) is 0 Å². The molecule has 106 valence electrons. The van der Waals surface area contributed by atoms with E-state index < -0.39 is 0 Å². The van der Waals surface area contributed by atoms with Crippen LogP contribution in [0.3, 0.4) is 0 Å². The molecule has 4 nitrogen and oxygen atoms in total. The van der Waals surface area contributed by atoms with Crippen molar-refractivity contribution in [3.05, 3.63) is 17.0 Å². The first-order valence-corrected chi connectivity index (χ1v) is 7.53. The number of rotatable bonds is 9. The number of ether oxygens (including phenoxy) is 1. The maximum absolute atomic E-state index is 6.00. The number of nitrogens with one attached hydrogen (secondary N) is 1. The lowest BCUT2D eigenvalue weighted by Crippen LogP contribution is -2.08. The lowest BCUT2D eigenvalue weighted by molar-refractivity contribution is 0.131. The molecule has 1 N–H and O–H groups in total. The second-order valence-electron chi connectivity index (χ2n) is 4.95. The van der Waals surface area contributed by atoms with Crippen molar-refractivity contribution in [3.8, 4) is 0 Å². The Morgan fingerprint density at radius 3 is 2.84 bits per heavy atom. The van der Waals surface area contributed by atoms with Crippen LogP contribution in [-0.2, 0) is 4.74 Å². The number of aromatic nitrogens is 2. The molecule has 0 aromatic carbocycles. The summed E-state index contributed by atoms with van der Waals surface area (Å²) in [5, 5.41) is 3.81. The van der Waals surface area contributed by atoms with Gasteiger partial charge in [-0.05, 0) is 25.7 Å². The van der Waals surface area contributed by atoms with Gasteiger partial charge >= 0.3 is 0 Å². The van der Waals surface area contributed by atoms with Crippen LogP contribution in [0, 0.1) is 0 Å². The van der Waals surface area contributed by atoms with Crippen LogP contribution in [0.1, 0.15) is 50.8 Å². The van der Waals surface area contributed by atoms with E-state index in [1.165, 1.54) is 19.3 Å². The number of unbranched alkanes of at least 4 members (excludes halogenated alkanes) is 1. The molecule has 0 atom stereocenters. The molecule has 1 aromatic rings. The molecule has 1 aliphatic carbocycles. The fraction of sp³-hybridized carbons (Fsp3) is 0.714. The Morgan fingerprint density at radius 1 is 1.32 bits per heavy atom. The van der Waals surface area contributed by atoms with Crippen LogP contribution in [0.25, 0.3) is 0 Å². The van der Waals surface area contributed by atoms with Gasteiger partial charge in [0.2, 0.25) is 0 Å². The van der Waals surface area contributed by atoms with E-state index in [-0.39, 0.29) is 0 Å². The van der Waals surface area contributed by atoms with Crippen LogP contribution in [-0.4, -0.2) is 29.7 Å². The van der Waals surface area contributed by atoms with E-state index in [1.54, 1.807) is 6.07 Å². The van der Waals surface area contributed by atoms with Gasteiger partial charge in [0, 0.05) is 31.7 Å². The standard InChI is InChI=1S/C14H22ClN3O/c1-2-3-8-19-9-4-7-16-13-10-12(15)17-14(18-13)11-5-6-11/h10-11H,2-9H2,1H3,(H,16,17,18). The Kier molecular flexibility index (Phi) is 5.86. The predicted molar refractivity (Wildman–Crippen MR) is 77.9 cm³/mol. The Labute approximate surface area is 119 Å². The number of anilines is 1. The molecule has 1 aliphatic rings. The highest BCUT2D eigenvalue weighted by molar-refractivity contribution is 6.29. The molecule has 0 unspecified atom stereocenters. The van der Waals surface area contributed by atoms with E-state index >= 15 is 0 Å². The predicted octanol–water partition coefficient (Wildman–Crippen LogP) is 3.63. The lowest BCUT2D eigenvalue weighted by Gasteiger charge is -2.08. The molecule has 19 heavy (non-hydrogen) atoms. The molecule has 5 heteroatoms. The van der Waals surface area contributed by atoms with Crippen LogP contribution in [0.4, 0.5) is 5.82 Å². The van der Waals surface area contributed by atoms with Crippen LogP contribution < -0.4 is 5.32 Å². The summed E-state index contributed by atoms with van der Waals surface area (Å²) in [7, 11) is 0. The molecule has 1 fully saturated rings. The molecular formula is C14H22ClN3O. The van der Waals surface area contributed by atoms with Crippen molar-refractivity contribution in [2.45, 2.75) is 44.9 Å². The highest BCUT2D eigenvalue weighted by Gasteiger charge is 2.27. The van der Waals surface area contributed by atoms with Gasteiger partial charge < -0.3 is 10.1 Å². The summed E-state index contributed by atoms with van der Waals surface area (Å²) >= 11 is 6.00. The normalized spacial score (nSPS) is 14.6. The van der Waals surface area contributed by atoms with Gasteiger partial charge in [0.25, 0.3) is 0 Å². The second-order valence-corrected chi connectivity index (χ2v) is 5.34. The number of hydrogen-bond donors (Lipinski definition) is 1. The van der Waals surface area contributed by atoms with Crippen molar-refractivity contribution in [2.75, 3.05) is 25.1 Å². The fourth-order valence-corrected chi connectivity index (χ4v) is 1.98. The lowest BCUT2D eigenvalue weighted by atomic mass is 10.3. The zero-order chi connectivity index (χ0) is 13.5. The van der Waals surface area contributed by atoms with E-state index in [1.807, 2.05) is 0 Å². The molecule has 0 bridgehead atoms. The highest BCUT2D eigenvalue weighted by Crippen LogP contribution is 2.38. The largest absolute Gasteiger partial charge is 0.381 e. The molecule has 0 amide bonds. The Morgan fingerprint density at radius 2 is 2.11 bits per heavy atom. The van der Waals surface area contributed by atoms with Crippen molar-refractivity contribution < 1.29 is 4.74 Å². The third-order valence-electron chi connectivity index (χ3n) is 3.07. The zero-order valence-corrected chi connectivity index (χ0v) is 12.2. The van der Waals surface area contributed by atoms with Crippen molar-refractivity contribution in [1.29, 1.82) is 0 Å². The molecule has 2 rings (SSSR count). The van der Waals surface area contributed by atoms with Gasteiger partial charge in [-0.2, -0.15) is 0 Å². The fourth-order valence-electron chi connectivity index (χ4n) is 1.79. The second kappa shape index (κ2) is 7.65. The van der Waals surface area contributed by atoms with Crippen molar-refractivity contribution in [3.63, 3.8) is 0 Å². The first-order valence-electron chi connectivity index (χ1n) is 7.15. The number of hydrogen-bond acceptors (Lipinski definition) is 4. The zero-order valence-electron chi connectivity index (χ0n) is 11.5. The summed E-state index contributed by atoms with van der Waals surface area (Å²) in [5.41, 5.74) is 0. The molecule has 1 saturated carbocycles. The topological polar surface area (TPSA) is 47.0 Å². The van der Waals surface area contributed by atoms with Gasteiger partial charge in [0.05, 0.1) is 0 Å². The summed E-state index contributed by atoms with van der Waals surface area (Å²) in [6.45, 7) is 4.67.